The second-order valence-corrected chi connectivity index (χ2v) is 4.70. The minimum Gasteiger partial charge on any atom is -0.497 e. The molecule has 18 heavy (non-hydrogen) atoms. The number of hydrogen-bond acceptors (Lipinski definition) is 4. The van der Waals surface area contributed by atoms with Gasteiger partial charge in [0.05, 0.1) is 12.5 Å². The Hall–Kier alpha value is -1.75. The minimum atomic E-state index is -0.939. The van der Waals surface area contributed by atoms with E-state index in [-0.39, 0.29) is 6.61 Å². The van der Waals surface area contributed by atoms with Crippen LogP contribution in [0.25, 0.3) is 0 Å². The number of methoxy groups -OCH3 is 1. The highest BCUT2D eigenvalue weighted by atomic mass is 16.5. The SMILES string of the molecule is COc1cc(CN)cc(OCC(C)(C)C(=O)O)c1. The number of carboxylic acids is 1. The van der Waals surface area contributed by atoms with Crippen LogP contribution in [0.5, 0.6) is 11.5 Å². The summed E-state index contributed by atoms with van der Waals surface area (Å²) in [5.74, 6) is 0.301. The maximum absolute atomic E-state index is 11.0. The van der Waals surface area contributed by atoms with Gasteiger partial charge in [-0.15, -0.1) is 0 Å². The monoisotopic (exact) mass is 253 g/mol. The zero-order valence-electron chi connectivity index (χ0n) is 10.9. The topological polar surface area (TPSA) is 81.8 Å². The first-order chi connectivity index (χ1) is 8.39. The lowest BCUT2D eigenvalue weighted by atomic mass is 9.95. The average molecular weight is 253 g/mol. The third kappa shape index (κ3) is 3.63. The van der Waals surface area contributed by atoms with Crippen molar-refractivity contribution in [1.82, 2.24) is 0 Å². The fraction of sp³-hybridized carbons (Fsp3) is 0.462. The van der Waals surface area contributed by atoms with Gasteiger partial charge in [-0.1, -0.05) is 0 Å². The summed E-state index contributed by atoms with van der Waals surface area (Å²) in [6, 6.07) is 5.30. The van der Waals surface area contributed by atoms with Gasteiger partial charge in [0.1, 0.15) is 18.1 Å². The van der Waals surface area contributed by atoms with E-state index in [9.17, 15) is 4.79 Å². The van der Waals surface area contributed by atoms with Crippen molar-refractivity contribution >= 4 is 5.97 Å². The molecule has 0 radical (unpaired) electrons. The van der Waals surface area contributed by atoms with Gasteiger partial charge in [-0.05, 0) is 31.5 Å². The van der Waals surface area contributed by atoms with E-state index < -0.39 is 11.4 Å². The van der Waals surface area contributed by atoms with E-state index in [0.29, 0.717) is 18.0 Å². The normalized spacial score (nSPS) is 11.1. The van der Waals surface area contributed by atoms with Crippen LogP contribution in [0.15, 0.2) is 18.2 Å². The van der Waals surface area contributed by atoms with E-state index in [1.165, 1.54) is 0 Å². The number of carbonyl (C=O) groups is 1. The molecule has 0 amide bonds. The van der Waals surface area contributed by atoms with Gasteiger partial charge >= 0.3 is 5.97 Å². The zero-order valence-corrected chi connectivity index (χ0v) is 10.9. The van der Waals surface area contributed by atoms with Crippen molar-refractivity contribution in [3.63, 3.8) is 0 Å². The lowest BCUT2D eigenvalue weighted by Gasteiger charge is -2.20. The van der Waals surface area contributed by atoms with E-state index in [1.54, 1.807) is 33.1 Å². The van der Waals surface area contributed by atoms with Gasteiger partial charge < -0.3 is 20.3 Å². The summed E-state index contributed by atoms with van der Waals surface area (Å²) in [5.41, 5.74) is 5.50. The Labute approximate surface area is 107 Å². The molecule has 0 heterocycles. The van der Waals surface area contributed by atoms with E-state index in [4.69, 9.17) is 20.3 Å². The van der Waals surface area contributed by atoms with Gasteiger partial charge in [0.15, 0.2) is 0 Å². The summed E-state index contributed by atoms with van der Waals surface area (Å²) < 4.78 is 10.6. The maximum atomic E-state index is 11.0. The average Bonchev–Trinajstić information content (AvgIpc) is 2.35. The van der Waals surface area contributed by atoms with Gasteiger partial charge in [-0.25, -0.2) is 0 Å². The van der Waals surface area contributed by atoms with E-state index in [2.05, 4.69) is 0 Å². The van der Waals surface area contributed by atoms with Crippen molar-refractivity contribution in [1.29, 1.82) is 0 Å². The second kappa shape index (κ2) is 5.73. The van der Waals surface area contributed by atoms with Crippen molar-refractivity contribution in [2.45, 2.75) is 20.4 Å². The molecule has 5 heteroatoms. The number of nitrogens with two attached hydrogens (primary N) is 1. The molecular formula is C13H19NO4. The Bertz CT molecular complexity index is 407. The summed E-state index contributed by atoms with van der Waals surface area (Å²) in [5, 5.41) is 9.00. The van der Waals surface area contributed by atoms with Crippen LogP contribution < -0.4 is 15.2 Å². The van der Waals surface area contributed by atoms with Gasteiger partial charge in [0.25, 0.3) is 0 Å². The number of aliphatic carboxylic acids is 1. The van der Waals surface area contributed by atoms with Crippen molar-refractivity contribution in [2.75, 3.05) is 13.7 Å². The van der Waals surface area contributed by atoms with Crippen LogP contribution in [-0.2, 0) is 11.3 Å². The molecule has 0 fully saturated rings. The molecule has 0 aromatic heterocycles. The molecule has 0 saturated heterocycles. The van der Waals surface area contributed by atoms with Crippen LogP contribution in [0.3, 0.4) is 0 Å². The standard InChI is InChI=1S/C13H19NO4/c1-13(2,12(15)16)8-18-11-5-9(7-14)4-10(6-11)17-3/h4-6H,7-8,14H2,1-3H3,(H,15,16). The molecule has 0 aliphatic rings. The van der Waals surface area contributed by atoms with Crippen LogP contribution in [0, 0.1) is 5.41 Å². The fourth-order valence-electron chi connectivity index (χ4n) is 1.28. The molecule has 0 atom stereocenters. The molecule has 1 aromatic carbocycles. The van der Waals surface area contributed by atoms with E-state index in [0.717, 1.165) is 5.56 Å². The summed E-state index contributed by atoms with van der Waals surface area (Å²) in [6.45, 7) is 3.67. The minimum absolute atomic E-state index is 0.0828. The number of carboxylic acid groups (broad SMARTS) is 1. The van der Waals surface area contributed by atoms with E-state index >= 15 is 0 Å². The summed E-state index contributed by atoms with van der Waals surface area (Å²) in [4.78, 5) is 11.0. The lowest BCUT2D eigenvalue weighted by Crippen LogP contribution is -2.30. The zero-order chi connectivity index (χ0) is 13.8. The quantitative estimate of drug-likeness (QED) is 0.805. The number of rotatable bonds is 6. The highest BCUT2D eigenvalue weighted by Gasteiger charge is 2.28. The summed E-state index contributed by atoms with van der Waals surface area (Å²) in [6.07, 6.45) is 0. The van der Waals surface area contributed by atoms with Gasteiger partial charge in [-0.3, -0.25) is 4.79 Å². The molecule has 0 aliphatic heterocycles. The molecule has 0 aliphatic carbocycles. The molecule has 0 saturated carbocycles. The van der Waals surface area contributed by atoms with Gasteiger partial charge in [0.2, 0.25) is 0 Å². The summed E-state index contributed by atoms with van der Waals surface area (Å²) in [7, 11) is 1.56. The molecule has 1 aromatic rings. The molecular weight excluding hydrogens is 234 g/mol. The Morgan fingerprint density at radius 1 is 1.33 bits per heavy atom. The smallest absolute Gasteiger partial charge is 0.312 e. The number of hydrogen-bond donors (Lipinski definition) is 2. The van der Waals surface area contributed by atoms with Crippen molar-refractivity contribution in [3.05, 3.63) is 23.8 Å². The third-order valence-corrected chi connectivity index (χ3v) is 2.59. The first-order valence-corrected chi connectivity index (χ1v) is 5.63. The third-order valence-electron chi connectivity index (χ3n) is 2.59. The van der Waals surface area contributed by atoms with Gasteiger partial charge in [-0.2, -0.15) is 0 Å². The molecule has 3 N–H and O–H groups in total. The van der Waals surface area contributed by atoms with E-state index in [1.807, 2.05) is 6.07 Å². The van der Waals surface area contributed by atoms with Crippen LogP contribution in [0.1, 0.15) is 19.4 Å². The molecule has 0 spiro atoms. The Morgan fingerprint density at radius 3 is 2.44 bits per heavy atom. The Balaban J connectivity index is 2.81. The van der Waals surface area contributed by atoms with Crippen LogP contribution in [0.4, 0.5) is 0 Å². The van der Waals surface area contributed by atoms with Crippen LogP contribution in [-0.4, -0.2) is 24.8 Å². The molecule has 0 bridgehead atoms. The lowest BCUT2D eigenvalue weighted by molar-refractivity contribution is -0.148. The van der Waals surface area contributed by atoms with Crippen molar-refractivity contribution < 1.29 is 19.4 Å². The molecule has 100 valence electrons. The summed E-state index contributed by atoms with van der Waals surface area (Å²) >= 11 is 0. The predicted molar refractivity (Wildman–Crippen MR) is 67.8 cm³/mol. The Kier molecular flexibility index (Phi) is 4.55. The molecule has 5 nitrogen and oxygen atoms in total. The first kappa shape index (κ1) is 14.3. The van der Waals surface area contributed by atoms with Crippen LogP contribution >= 0.6 is 0 Å². The van der Waals surface area contributed by atoms with Crippen molar-refractivity contribution in [2.24, 2.45) is 11.1 Å². The van der Waals surface area contributed by atoms with Crippen LogP contribution in [0.2, 0.25) is 0 Å². The largest absolute Gasteiger partial charge is 0.497 e. The highest BCUT2D eigenvalue weighted by molar-refractivity contribution is 5.73. The predicted octanol–water partition coefficient (Wildman–Crippen LogP) is 1.64. The van der Waals surface area contributed by atoms with Crippen molar-refractivity contribution in [3.8, 4) is 11.5 Å². The molecule has 1 rings (SSSR count). The highest BCUT2D eigenvalue weighted by Crippen LogP contribution is 2.25. The first-order valence-electron chi connectivity index (χ1n) is 5.63. The van der Waals surface area contributed by atoms with Gasteiger partial charge in [0, 0.05) is 12.6 Å². The molecule has 0 unspecified atom stereocenters. The second-order valence-electron chi connectivity index (χ2n) is 4.70. The Morgan fingerprint density at radius 2 is 1.94 bits per heavy atom. The number of benzene rings is 1. The number of ether oxygens (including phenoxy) is 2. The fourth-order valence-corrected chi connectivity index (χ4v) is 1.28. The maximum Gasteiger partial charge on any atom is 0.312 e.